The summed E-state index contributed by atoms with van der Waals surface area (Å²) >= 11 is 0.986. The summed E-state index contributed by atoms with van der Waals surface area (Å²) in [5.41, 5.74) is -0.367. The standard InChI is InChI=1S/C14H14N2O5S2/c1-2-15-13(17)12-7-9(8-22-12)23(20,21)16-11-6-4-3-5-10(11)14(18)19/h3-8,16H,2H2,1H3,(H,15,17)(H,18,19)/p-1. The molecule has 9 heteroatoms. The van der Waals surface area contributed by atoms with Crippen LogP contribution in [-0.4, -0.2) is 26.8 Å². The fraction of sp³-hybridized carbons (Fsp3) is 0.143. The van der Waals surface area contributed by atoms with Crippen LogP contribution in [-0.2, 0) is 10.0 Å². The maximum absolute atomic E-state index is 12.3. The third kappa shape index (κ3) is 3.88. The number of para-hydroxylation sites is 1. The molecule has 2 N–H and O–H groups in total. The van der Waals surface area contributed by atoms with E-state index in [0.717, 1.165) is 11.3 Å². The van der Waals surface area contributed by atoms with Crippen LogP contribution in [0, 0.1) is 0 Å². The van der Waals surface area contributed by atoms with Gasteiger partial charge in [0.05, 0.1) is 21.4 Å². The van der Waals surface area contributed by atoms with Crippen LogP contribution in [0.2, 0.25) is 0 Å². The van der Waals surface area contributed by atoms with Crippen LogP contribution < -0.4 is 15.1 Å². The van der Waals surface area contributed by atoms with Crippen molar-refractivity contribution in [3.05, 3.63) is 46.2 Å². The van der Waals surface area contributed by atoms with Gasteiger partial charge in [-0.1, -0.05) is 18.2 Å². The van der Waals surface area contributed by atoms with Crippen molar-refractivity contribution in [3.63, 3.8) is 0 Å². The van der Waals surface area contributed by atoms with Crippen molar-refractivity contribution in [2.75, 3.05) is 11.3 Å². The lowest BCUT2D eigenvalue weighted by atomic mass is 10.2. The van der Waals surface area contributed by atoms with Gasteiger partial charge in [-0.2, -0.15) is 0 Å². The highest BCUT2D eigenvalue weighted by atomic mass is 32.2. The summed E-state index contributed by atoms with van der Waals surface area (Å²) in [6, 6.07) is 6.75. The van der Waals surface area contributed by atoms with E-state index in [-0.39, 0.29) is 26.9 Å². The van der Waals surface area contributed by atoms with E-state index in [1.54, 1.807) is 6.92 Å². The van der Waals surface area contributed by atoms with Gasteiger partial charge < -0.3 is 15.2 Å². The molecule has 2 aromatic rings. The Balaban J connectivity index is 2.30. The first-order chi connectivity index (χ1) is 10.8. The molecule has 0 aliphatic rings. The van der Waals surface area contributed by atoms with Crippen molar-refractivity contribution >= 4 is 38.9 Å². The second-order valence-electron chi connectivity index (χ2n) is 4.44. The van der Waals surface area contributed by atoms with E-state index in [1.807, 2.05) is 0 Å². The largest absolute Gasteiger partial charge is 0.545 e. The minimum atomic E-state index is -4.01. The number of carboxylic acids is 1. The van der Waals surface area contributed by atoms with E-state index >= 15 is 0 Å². The zero-order valence-electron chi connectivity index (χ0n) is 12.0. The maximum atomic E-state index is 12.3. The van der Waals surface area contributed by atoms with E-state index in [0.29, 0.717) is 6.54 Å². The molecule has 0 atom stereocenters. The number of amides is 1. The van der Waals surface area contributed by atoms with Crippen LogP contribution in [0.3, 0.4) is 0 Å². The number of carbonyl (C=O) groups is 2. The van der Waals surface area contributed by atoms with E-state index in [9.17, 15) is 23.1 Å². The van der Waals surface area contributed by atoms with E-state index in [1.165, 1.54) is 35.7 Å². The molecule has 23 heavy (non-hydrogen) atoms. The van der Waals surface area contributed by atoms with E-state index < -0.39 is 16.0 Å². The molecule has 0 unspecified atom stereocenters. The van der Waals surface area contributed by atoms with Crippen LogP contribution in [0.25, 0.3) is 0 Å². The Hall–Kier alpha value is -2.39. The van der Waals surface area contributed by atoms with Crippen molar-refractivity contribution in [2.45, 2.75) is 11.8 Å². The minimum Gasteiger partial charge on any atom is -0.545 e. The van der Waals surface area contributed by atoms with Gasteiger partial charge in [0.15, 0.2) is 0 Å². The number of nitrogens with one attached hydrogen (secondary N) is 2. The lowest BCUT2D eigenvalue weighted by molar-refractivity contribution is -0.254. The summed E-state index contributed by atoms with van der Waals surface area (Å²) in [4.78, 5) is 22.8. The number of sulfonamides is 1. The zero-order valence-corrected chi connectivity index (χ0v) is 13.7. The Morgan fingerprint density at radius 3 is 2.61 bits per heavy atom. The Morgan fingerprint density at radius 2 is 1.96 bits per heavy atom. The smallest absolute Gasteiger partial charge is 0.262 e. The number of benzene rings is 1. The highest BCUT2D eigenvalue weighted by molar-refractivity contribution is 7.92. The predicted octanol–water partition coefficient (Wildman–Crippen LogP) is 0.662. The first-order valence-electron chi connectivity index (χ1n) is 6.55. The summed E-state index contributed by atoms with van der Waals surface area (Å²) in [7, 11) is -4.01. The summed E-state index contributed by atoms with van der Waals surface area (Å²) in [5.74, 6) is -1.86. The Bertz CT molecular complexity index is 842. The lowest BCUT2D eigenvalue weighted by Gasteiger charge is -2.12. The molecule has 0 aliphatic carbocycles. The molecule has 0 aliphatic heterocycles. The van der Waals surface area contributed by atoms with Gasteiger partial charge in [-0.15, -0.1) is 11.3 Å². The van der Waals surface area contributed by atoms with Gasteiger partial charge in [-0.3, -0.25) is 9.52 Å². The first kappa shape index (κ1) is 17.0. The van der Waals surface area contributed by atoms with Crippen LogP contribution in [0.15, 0.2) is 40.6 Å². The normalized spacial score (nSPS) is 11.0. The Morgan fingerprint density at radius 1 is 1.26 bits per heavy atom. The van der Waals surface area contributed by atoms with Gasteiger partial charge in [0, 0.05) is 17.5 Å². The van der Waals surface area contributed by atoms with E-state index in [4.69, 9.17) is 0 Å². The number of carbonyl (C=O) groups excluding carboxylic acids is 2. The molecular formula is C14H13N2O5S2-. The topological polar surface area (TPSA) is 115 Å². The van der Waals surface area contributed by atoms with Gasteiger partial charge in [0.25, 0.3) is 15.9 Å². The molecule has 7 nitrogen and oxygen atoms in total. The molecule has 1 aromatic carbocycles. The number of anilines is 1. The molecule has 0 bridgehead atoms. The third-order valence-corrected chi connectivity index (χ3v) is 5.26. The second kappa shape index (κ2) is 6.80. The van der Waals surface area contributed by atoms with E-state index in [2.05, 4.69) is 10.0 Å². The summed E-state index contributed by atoms with van der Waals surface area (Å²) in [5, 5.41) is 14.9. The quantitative estimate of drug-likeness (QED) is 0.792. The van der Waals surface area contributed by atoms with Crippen LogP contribution in [0.1, 0.15) is 27.0 Å². The Kier molecular flexibility index (Phi) is 5.02. The number of carboxylic acid groups (broad SMARTS) is 1. The molecular weight excluding hydrogens is 340 g/mol. The highest BCUT2D eigenvalue weighted by Gasteiger charge is 2.20. The first-order valence-corrected chi connectivity index (χ1v) is 8.91. The predicted molar refractivity (Wildman–Crippen MR) is 83.9 cm³/mol. The minimum absolute atomic E-state index is 0.0988. The number of rotatable bonds is 6. The highest BCUT2D eigenvalue weighted by Crippen LogP contribution is 2.23. The molecule has 0 spiro atoms. The number of thiophene rings is 1. The van der Waals surface area contributed by atoms with Crippen LogP contribution in [0.4, 0.5) is 5.69 Å². The van der Waals surface area contributed by atoms with Gasteiger partial charge in [-0.25, -0.2) is 8.42 Å². The lowest BCUT2D eigenvalue weighted by Crippen LogP contribution is -2.24. The summed E-state index contributed by atoms with van der Waals surface area (Å²) in [6.45, 7) is 2.18. The molecule has 1 amide bonds. The Labute approximate surface area is 137 Å². The average molecular weight is 353 g/mol. The number of hydrogen-bond donors (Lipinski definition) is 2. The van der Waals surface area contributed by atoms with Crippen molar-refractivity contribution in [1.82, 2.24) is 5.32 Å². The molecule has 0 saturated carbocycles. The van der Waals surface area contributed by atoms with Gasteiger partial charge in [-0.05, 0) is 19.1 Å². The fourth-order valence-electron chi connectivity index (χ4n) is 1.78. The molecule has 0 fully saturated rings. The molecule has 122 valence electrons. The monoisotopic (exact) mass is 353 g/mol. The SMILES string of the molecule is CCNC(=O)c1cc(S(=O)(=O)Nc2ccccc2C(=O)[O-])cs1. The number of aromatic carboxylic acids is 1. The average Bonchev–Trinajstić information content (AvgIpc) is 2.98. The molecule has 0 saturated heterocycles. The molecule has 1 heterocycles. The number of hydrogen-bond acceptors (Lipinski definition) is 6. The third-order valence-electron chi connectivity index (χ3n) is 2.84. The van der Waals surface area contributed by atoms with Crippen LogP contribution in [0.5, 0.6) is 0 Å². The van der Waals surface area contributed by atoms with Gasteiger partial charge >= 0.3 is 0 Å². The fourth-order valence-corrected chi connectivity index (χ4v) is 4.05. The maximum Gasteiger partial charge on any atom is 0.262 e. The van der Waals surface area contributed by atoms with Crippen molar-refractivity contribution in [2.24, 2.45) is 0 Å². The van der Waals surface area contributed by atoms with Crippen molar-refractivity contribution in [1.29, 1.82) is 0 Å². The summed E-state index contributed by atoms with van der Waals surface area (Å²) < 4.78 is 26.8. The molecule has 2 rings (SSSR count). The van der Waals surface area contributed by atoms with Crippen molar-refractivity contribution < 1.29 is 23.1 Å². The van der Waals surface area contributed by atoms with Gasteiger partial charge in [0.2, 0.25) is 0 Å². The molecule has 1 aromatic heterocycles. The molecule has 0 radical (unpaired) electrons. The zero-order chi connectivity index (χ0) is 17.0. The summed E-state index contributed by atoms with van der Waals surface area (Å²) in [6.07, 6.45) is 0. The second-order valence-corrected chi connectivity index (χ2v) is 7.04. The van der Waals surface area contributed by atoms with Crippen LogP contribution >= 0.6 is 11.3 Å². The van der Waals surface area contributed by atoms with Gasteiger partial charge in [0.1, 0.15) is 0 Å². The van der Waals surface area contributed by atoms with Crippen molar-refractivity contribution in [3.8, 4) is 0 Å².